The number of carbonyl (C=O) groups is 1. The van der Waals surface area contributed by atoms with E-state index in [1.165, 1.54) is 4.57 Å². The Morgan fingerprint density at radius 1 is 1.07 bits per heavy atom. The van der Waals surface area contributed by atoms with Crippen LogP contribution in [0.5, 0.6) is 0 Å². The molecule has 0 spiro atoms. The molecule has 142 valence electrons. The molecular formula is C20H20N6O2. The number of carbonyl (C=O) groups excluding carboxylic acids is 1. The molecule has 1 aromatic carbocycles. The second-order valence-corrected chi connectivity index (χ2v) is 6.54. The van der Waals surface area contributed by atoms with Crippen molar-refractivity contribution < 1.29 is 4.79 Å². The number of hydrogen-bond acceptors (Lipinski definition) is 5. The van der Waals surface area contributed by atoms with Crippen molar-refractivity contribution in [3.63, 3.8) is 0 Å². The van der Waals surface area contributed by atoms with E-state index in [-0.39, 0.29) is 23.7 Å². The number of nitrogens with zero attached hydrogens (tertiary/aromatic N) is 6. The van der Waals surface area contributed by atoms with E-state index in [0.717, 1.165) is 5.56 Å². The van der Waals surface area contributed by atoms with Gasteiger partial charge in [-0.2, -0.15) is 0 Å². The van der Waals surface area contributed by atoms with Crippen molar-refractivity contribution in [2.24, 2.45) is 0 Å². The van der Waals surface area contributed by atoms with Gasteiger partial charge in [0.2, 0.25) is 11.6 Å². The van der Waals surface area contributed by atoms with Crippen molar-refractivity contribution in [2.75, 3.05) is 6.54 Å². The van der Waals surface area contributed by atoms with Crippen LogP contribution in [0, 0.1) is 6.92 Å². The molecule has 0 saturated carbocycles. The second-order valence-electron chi connectivity index (χ2n) is 6.54. The average Bonchev–Trinajstić information content (AvgIpc) is 3.12. The number of benzene rings is 1. The second kappa shape index (κ2) is 7.22. The predicted octanol–water partition coefficient (Wildman–Crippen LogP) is 1.80. The molecule has 0 bridgehead atoms. The maximum Gasteiger partial charge on any atom is 0.297 e. The number of aryl methyl sites for hydroxylation is 1. The van der Waals surface area contributed by atoms with Gasteiger partial charge in [0.15, 0.2) is 5.65 Å². The first-order valence-electron chi connectivity index (χ1n) is 9.11. The molecule has 0 aliphatic rings. The first-order valence-corrected chi connectivity index (χ1v) is 9.11. The minimum absolute atomic E-state index is 0.0793. The van der Waals surface area contributed by atoms with Crippen LogP contribution in [0.15, 0.2) is 53.5 Å². The summed E-state index contributed by atoms with van der Waals surface area (Å²) >= 11 is 0. The van der Waals surface area contributed by atoms with Crippen LogP contribution < -0.4 is 5.56 Å². The molecule has 8 nitrogen and oxygen atoms in total. The summed E-state index contributed by atoms with van der Waals surface area (Å²) in [5.41, 5.74) is 1.98. The highest BCUT2D eigenvalue weighted by atomic mass is 16.2. The largest absolute Gasteiger partial charge is 0.337 e. The van der Waals surface area contributed by atoms with E-state index in [2.05, 4.69) is 15.2 Å². The molecule has 0 aliphatic carbocycles. The van der Waals surface area contributed by atoms with E-state index in [1.54, 1.807) is 34.6 Å². The summed E-state index contributed by atoms with van der Waals surface area (Å²) in [5.74, 6) is 0.438. The lowest BCUT2D eigenvalue weighted by molar-refractivity contribution is -0.132. The number of amides is 1. The van der Waals surface area contributed by atoms with Crippen LogP contribution in [-0.4, -0.2) is 41.5 Å². The van der Waals surface area contributed by atoms with E-state index in [0.29, 0.717) is 30.1 Å². The molecule has 1 amide bonds. The Balaban J connectivity index is 1.75. The van der Waals surface area contributed by atoms with Gasteiger partial charge in [0, 0.05) is 19.3 Å². The predicted molar refractivity (Wildman–Crippen MR) is 105 cm³/mol. The highest BCUT2D eigenvalue weighted by molar-refractivity contribution is 5.80. The molecule has 0 atom stereocenters. The van der Waals surface area contributed by atoms with Crippen molar-refractivity contribution >= 4 is 22.7 Å². The Morgan fingerprint density at radius 3 is 2.61 bits per heavy atom. The smallest absolute Gasteiger partial charge is 0.297 e. The van der Waals surface area contributed by atoms with Crippen LogP contribution >= 0.6 is 0 Å². The van der Waals surface area contributed by atoms with Gasteiger partial charge in [-0.3, -0.25) is 18.6 Å². The van der Waals surface area contributed by atoms with Gasteiger partial charge in [0.05, 0.1) is 5.52 Å². The molecule has 0 radical (unpaired) electrons. The molecule has 3 heterocycles. The molecule has 4 rings (SSSR count). The molecule has 0 saturated heterocycles. The van der Waals surface area contributed by atoms with Crippen molar-refractivity contribution in [1.82, 2.24) is 29.0 Å². The fraction of sp³-hybridized carbons (Fsp3) is 0.250. The lowest BCUT2D eigenvalue weighted by Gasteiger charge is -2.22. The van der Waals surface area contributed by atoms with Gasteiger partial charge in [-0.25, -0.2) is 4.98 Å². The van der Waals surface area contributed by atoms with Crippen LogP contribution in [0.4, 0.5) is 0 Å². The highest BCUT2D eigenvalue weighted by Gasteiger charge is 2.19. The summed E-state index contributed by atoms with van der Waals surface area (Å²) in [5, 5.41) is 7.98. The summed E-state index contributed by atoms with van der Waals surface area (Å²) in [6.45, 7) is 4.65. The van der Waals surface area contributed by atoms with Crippen molar-refractivity contribution in [3.8, 4) is 0 Å². The van der Waals surface area contributed by atoms with E-state index in [1.807, 2.05) is 37.3 Å². The van der Waals surface area contributed by atoms with E-state index < -0.39 is 0 Å². The minimum Gasteiger partial charge on any atom is -0.337 e. The third-order valence-corrected chi connectivity index (χ3v) is 4.77. The fourth-order valence-corrected chi connectivity index (χ4v) is 3.33. The van der Waals surface area contributed by atoms with Gasteiger partial charge in [0.25, 0.3) is 5.56 Å². The lowest BCUT2D eigenvalue weighted by Crippen LogP contribution is -2.36. The normalized spacial score (nSPS) is 11.2. The fourth-order valence-electron chi connectivity index (χ4n) is 3.33. The molecule has 8 heteroatoms. The SMILES string of the molecule is CCN(Cc1ccccc1)C(=O)Cn1c(=O)c2nnc(C)n2c2ncccc21. The highest BCUT2D eigenvalue weighted by Crippen LogP contribution is 2.13. The minimum atomic E-state index is -0.356. The zero-order valence-corrected chi connectivity index (χ0v) is 15.7. The molecule has 0 unspecified atom stereocenters. The summed E-state index contributed by atoms with van der Waals surface area (Å²) in [4.78, 5) is 32.1. The average molecular weight is 376 g/mol. The van der Waals surface area contributed by atoms with Crippen molar-refractivity contribution in [2.45, 2.75) is 26.9 Å². The molecule has 28 heavy (non-hydrogen) atoms. The summed E-state index contributed by atoms with van der Waals surface area (Å²) in [6, 6.07) is 13.3. The zero-order chi connectivity index (χ0) is 19.7. The molecule has 0 aliphatic heterocycles. The number of fused-ring (bicyclic) bond motifs is 3. The molecule has 4 aromatic rings. The Kier molecular flexibility index (Phi) is 4.60. The Hall–Kier alpha value is -3.55. The van der Waals surface area contributed by atoms with Gasteiger partial charge < -0.3 is 4.90 Å². The summed E-state index contributed by atoms with van der Waals surface area (Å²) in [7, 11) is 0. The molecule has 0 N–H and O–H groups in total. The number of likely N-dealkylation sites (N-methyl/N-ethyl adjacent to an activating group) is 1. The number of rotatable bonds is 5. The maximum atomic E-state index is 13.0. The topological polar surface area (TPSA) is 85.4 Å². The standard InChI is InChI=1S/C20H20N6O2/c1-3-24(12-15-8-5-4-6-9-15)17(27)13-25-16-10-7-11-21-18(16)26-14(2)22-23-19(26)20(25)28/h4-11H,3,12-13H2,1-2H3. The number of pyridine rings is 1. The summed E-state index contributed by atoms with van der Waals surface area (Å²) in [6.07, 6.45) is 1.64. The van der Waals surface area contributed by atoms with Gasteiger partial charge >= 0.3 is 0 Å². The lowest BCUT2D eigenvalue weighted by atomic mass is 10.2. The van der Waals surface area contributed by atoms with Crippen LogP contribution in [-0.2, 0) is 17.9 Å². The maximum absolute atomic E-state index is 13.0. The van der Waals surface area contributed by atoms with Crippen molar-refractivity contribution in [1.29, 1.82) is 0 Å². The third kappa shape index (κ3) is 3.02. The number of hydrogen-bond donors (Lipinski definition) is 0. The van der Waals surface area contributed by atoms with Crippen molar-refractivity contribution in [3.05, 3.63) is 70.4 Å². The van der Waals surface area contributed by atoms with Crippen LogP contribution in [0.1, 0.15) is 18.3 Å². The number of aromatic nitrogens is 5. The summed E-state index contributed by atoms with van der Waals surface area (Å²) < 4.78 is 3.06. The Bertz CT molecular complexity index is 1210. The third-order valence-electron chi connectivity index (χ3n) is 4.77. The van der Waals surface area contributed by atoms with E-state index >= 15 is 0 Å². The molecule has 3 aromatic heterocycles. The first-order chi connectivity index (χ1) is 13.6. The van der Waals surface area contributed by atoms with Crippen LogP contribution in [0.3, 0.4) is 0 Å². The van der Waals surface area contributed by atoms with Gasteiger partial charge in [-0.05, 0) is 31.5 Å². The Labute approximate surface area is 161 Å². The van der Waals surface area contributed by atoms with Gasteiger partial charge in [0.1, 0.15) is 12.4 Å². The van der Waals surface area contributed by atoms with E-state index in [9.17, 15) is 9.59 Å². The quantitative estimate of drug-likeness (QED) is 0.530. The van der Waals surface area contributed by atoms with Crippen LogP contribution in [0.2, 0.25) is 0 Å². The van der Waals surface area contributed by atoms with Crippen LogP contribution in [0.25, 0.3) is 16.8 Å². The first kappa shape index (κ1) is 17.8. The van der Waals surface area contributed by atoms with E-state index in [4.69, 9.17) is 0 Å². The van der Waals surface area contributed by atoms with Gasteiger partial charge in [-0.15, -0.1) is 10.2 Å². The molecule has 0 fully saturated rings. The Morgan fingerprint density at radius 2 is 1.86 bits per heavy atom. The zero-order valence-electron chi connectivity index (χ0n) is 15.7. The monoisotopic (exact) mass is 376 g/mol. The van der Waals surface area contributed by atoms with Gasteiger partial charge in [-0.1, -0.05) is 30.3 Å². The molecular weight excluding hydrogens is 356 g/mol.